The lowest BCUT2D eigenvalue weighted by molar-refractivity contribution is 0.0699. The molecular weight excluding hydrogens is 192 g/mol. The fourth-order valence-electron chi connectivity index (χ4n) is 1.88. The van der Waals surface area contributed by atoms with E-state index in [1.165, 1.54) is 0 Å². The van der Waals surface area contributed by atoms with Crippen LogP contribution in [0.25, 0.3) is 11.0 Å². The van der Waals surface area contributed by atoms with E-state index in [0.29, 0.717) is 11.6 Å². The van der Waals surface area contributed by atoms with Gasteiger partial charge in [0.1, 0.15) is 5.65 Å². The Morgan fingerprint density at radius 3 is 3.00 bits per heavy atom. The molecule has 1 fully saturated rings. The maximum atomic E-state index is 11.0. The molecule has 0 radical (unpaired) electrons. The predicted molar refractivity (Wildman–Crippen MR) is 55.0 cm³/mol. The number of rotatable bonds is 2. The zero-order valence-corrected chi connectivity index (χ0v) is 8.05. The van der Waals surface area contributed by atoms with E-state index >= 15 is 0 Å². The molecule has 0 atom stereocenters. The third-order valence-electron chi connectivity index (χ3n) is 2.76. The van der Waals surface area contributed by atoms with E-state index in [4.69, 9.17) is 5.11 Å². The number of carboxylic acids is 1. The number of nitrogens with zero attached hydrogens (tertiary/aromatic N) is 2. The molecule has 0 saturated heterocycles. The fraction of sp³-hybridized carbons (Fsp3) is 0.273. The molecule has 0 spiro atoms. The Morgan fingerprint density at radius 1 is 1.53 bits per heavy atom. The summed E-state index contributed by atoms with van der Waals surface area (Å²) in [5.74, 6) is -0.882. The summed E-state index contributed by atoms with van der Waals surface area (Å²) in [5.41, 5.74) is 1.14. The average molecular weight is 202 g/mol. The first-order chi connectivity index (χ1) is 7.27. The van der Waals surface area contributed by atoms with Crippen LogP contribution in [0.5, 0.6) is 0 Å². The Balaban J connectivity index is 2.32. The molecule has 2 aromatic rings. The molecule has 2 aromatic heterocycles. The topological polar surface area (TPSA) is 55.1 Å². The van der Waals surface area contributed by atoms with Gasteiger partial charge in [0.05, 0.1) is 5.56 Å². The monoisotopic (exact) mass is 202 g/mol. The second-order valence-corrected chi connectivity index (χ2v) is 3.86. The van der Waals surface area contributed by atoms with Crippen LogP contribution in [-0.2, 0) is 0 Å². The minimum absolute atomic E-state index is 0.352. The smallest absolute Gasteiger partial charge is 0.337 e. The third kappa shape index (κ3) is 1.21. The van der Waals surface area contributed by atoms with Gasteiger partial charge in [-0.05, 0) is 25.0 Å². The third-order valence-corrected chi connectivity index (χ3v) is 2.76. The van der Waals surface area contributed by atoms with Crippen LogP contribution in [0.4, 0.5) is 0 Å². The first kappa shape index (κ1) is 8.47. The van der Waals surface area contributed by atoms with Crippen molar-refractivity contribution in [2.45, 2.75) is 18.9 Å². The summed E-state index contributed by atoms with van der Waals surface area (Å²) < 4.78 is 1.98. The molecule has 0 amide bonds. The number of hydrogen-bond acceptors (Lipinski definition) is 2. The van der Waals surface area contributed by atoms with Crippen LogP contribution in [-0.4, -0.2) is 20.6 Å². The molecule has 4 heteroatoms. The van der Waals surface area contributed by atoms with Crippen molar-refractivity contribution in [1.82, 2.24) is 9.55 Å². The first-order valence-electron chi connectivity index (χ1n) is 4.96. The van der Waals surface area contributed by atoms with Gasteiger partial charge in [-0.2, -0.15) is 0 Å². The summed E-state index contributed by atoms with van der Waals surface area (Å²) in [7, 11) is 0. The number of carboxylic acid groups (broad SMARTS) is 1. The number of pyridine rings is 1. The van der Waals surface area contributed by atoms with Crippen LogP contribution in [0.15, 0.2) is 24.5 Å². The summed E-state index contributed by atoms with van der Waals surface area (Å²) in [6, 6.07) is 4.03. The highest BCUT2D eigenvalue weighted by Crippen LogP contribution is 2.38. The highest BCUT2D eigenvalue weighted by Gasteiger charge is 2.27. The lowest BCUT2D eigenvalue weighted by Crippen LogP contribution is -1.94. The van der Waals surface area contributed by atoms with Gasteiger partial charge in [0.25, 0.3) is 0 Å². The Labute approximate surface area is 86.2 Å². The standard InChI is InChI=1S/C11H10N2O2/c14-11(15)9-6-13(7-3-4-7)10-8(9)2-1-5-12-10/h1-2,5-7H,3-4H2,(H,14,15). The molecule has 1 saturated carbocycles. The minimum Gasteiger partial charge on any atom is -0.478 e. The van der Waals surface area contributed by atoms with E-state index in [1.54, 1.807) is 18.5 Å². The molecular formula is C11H10N2O2. The Morgan fingerprint density at radius 2 is 2.33 bits per heavy atom. The Bertz CT molecular complexity index is 541. The zero-order chi connectivity index (χ0) is 10.4. The molecule has 0 unspecified atom stereocenters. The molecule has 2 heterocycles. The van der Waals surface area contributed by atoms with Crippen LogP contribution in [0.2, 0.25) is 0 Å². The molecule has 0 aromatic carbocycles. The van der Waals surface area contributed by atoms with Gasteiger partial charge in [0.15, 0.2) is 0 Å². The summed E-state index contributed by atoms with van der Waals surface area (Å²) in [4.78, 5) is 15.3. The lowest BCUT2D eigenvalue weighted by atomic mass is 10.2. The van der Waals surface area contributed by atoms with E-state index in [1.807, 2.05) is 10.6 Å². The van der Waals surface area contributed by atoms with Crippen LogP contribution in [0.3, 0.4) is 0 Å². The van der Waals surface area contributed by atoms with Crippen LogP contribution in [0.1, 0.15) is 29.2 Å². The quantitative estimate of drug-likeness (QED) is 0.811. The van der Waals surface area contributed by atoms with Crippen molar-refractivity contribution in [2.24, 2.45) is 0 Å². The second kappa shape index (κ2) is 2.82. The second-order valence-electron chi connectivity index (χ2n) is 3.86. The number of aromatic nitrogens is 2. The molecule has 0 aliphatic heterocycles. The van der Waals surface area contributed by atoms with Gasteiger partial charge in [-0.3, -0.25) is 0 Å². The molecule has 1 aliphatic rings. The highest BCUT2D eigenvalue weighted by molar-refractivity contribution is 6.02. The maximum absolute atomic E-state index is 11.0. The zero-order valence-electron chi connectivity index (χ0n) is 8.05. The van der Waals surface area contributed by atoms with Crippen LogP contribution < -0.4 is 0 Å². The van der Waals surface area contributed by atoms with Crippen LogP contribution in [0, 0.1) is 0 Å². The summed E-state index contributed by atoms with van der Waals surface area (Å²) in [6.07, 6.45) is 5.66. The molecule has 15 heavy (non-hydrogen) atoms. The number of carbonyl (C=O) groups is 1. The van der Waals surface area contributed by atoms with Gasteiger partial charge in [-0.15, -0.1) is 0 Å². The fourth-order valence-corrected chi connectivity index (χ4v) is 1.88. The largest absolute Gasteiger partial charge is 0.478 e. The van der Waals surface area contributed by atoms with E-state index < -0.39 is 5.97 Å². The Kier molecular flexibility index (Phi) is 1.59. The van der Waals surface area contributed by atoms with Crippen molar-refractivity contribution >= 4 is 17.0 Å². The van der Waals surface area contributed by atoms with E-state index in [2.05, 4.69) is 4.98 Å². The Hall–Kier alpha value is -1.84. The molecule has 1 N–H and O–H groups in total. The van der Waals surface area contributed by atoms with Gasteiger partial charge >= 0.3 is 5.97 Å². The lowest BCUT2D eigenvalue weighted by Gasteiger charge is -1.99. The number of hydrogen-bond donors (Lipinski definition) is 1. The molecule has 76 valence electrons. The van der Waals surface area contributed by atoms with E-state index in [-0.39, 0.29) is 0 Å². The normalized spacial score (nSPS) is 15.7. The summed E-state index contributed by atoms with van der Waals surface area (Å²) in [5, 5.41) is 9.79. The predicted octanol–water partition coefficient (Wildman–Crippen LogP) is 2.07. The maximum Gasteiger partial charge on any atom is 0.337 e. The van der Waals surface area contributed by atoms with Gasteiger partial charge in [-0.25, -0.2) is 9.78 Å². The van der Waals surface area contributed by atoms with E-state index in [0.717, 1.165) is 23.9 Å². The van der Waals surface area contributed by atoms with Gasteiger partial charge in [-0.1, -0.05) is 0 Å². The van der Waals surface area contributed by atoms with Crippen molar-refractivity contribution in [3.8, 4) is 0 Å². The van der Waals surface area contributed by atoms with Crippen molar-refractivity contribution in [2.75, 3.05) is 0 Å². The van der Waals surface area contributed by atoms with Crippen molar-refractivity contribution in [3.05, 3.63) is 30.1 Å². The van der Waals surface area contributed by atoms with E-state index in [9.17, 15) is 4.79 Å². The van der Waals surface area contributed by atoms with Crippen LogP contribution >= 0.6 is 0 Å². The number of fused-ring (bicyclic) bond motifs is 1. The SMILES string of the molecule is O=C(O)c1cn(C2CC2)c2ncccc12. The summed E-state index contributed by atoms with van der Waals surface area (Å²) in [6.45, 7) is 0. The van der Waals surface area contributed by atoms with Crippen molar-refractivity contribution in [3.63, 3.8) is 0 Å². The van der Waals surface area contributed by atoms with Crippen molar-refractivity contribution in [1.29, 1.82) is 0 Å². The molecule has 0 bridgehead atoms. The average Bonchev–Trinajstić information content (AvgIpc) is 2.99. The number of aromatic carboxylic acids is 1. The summed E-state index contributed by atoms with van der Waals surface area (Å²) >= 11 is 0. The van der Waals surface area contributed by atoms with Gasteiger partial charge in [0.2, 0.25) is 0 Å². The van der Waals surface area contributed by atoms with Gasteiger partial charge < -0.3 is 9.67 Å². The van der Waals surface area contributed by atoms with Crippen molar-refractivity contribution < 1.29 is 9.90 Å². The minimum atomic E-state index is -0.882. The van der Waals surface area contributed by atoms with Gasteiger partial charge in [0, 0.05) is 23.8 Å². The molecule has 1 aliphatic carbocycles. The highest BCUT2D eigenvalue weighted by atomic mass is 16.4. The molecule has 4 nitrogen and oxygen atoms in total. The first-order valence-corrected chi connectivity index (χ1v) is 4.96. The molecule has 3 rings (SSSR count).